The van der Waals surface area contributed by atoms with Crippen molar-refractivity contribution in [2.24, 2.45) is 5.73 Å². The third kappa shape index (κ3) is 4.33. The van der Waals surface area contributed by atoms with Gasteiger partial charge in [0, 0.05) is 6.54 Å². The van der Waals surface area contributed by atoms with Crippen molar-refractivity contribution in [1.82, 2.24) is 5.32 Å². The first-order valence-electron chi connectivity index (χ1n) is 6.06. The van der Waals surface area contributed by atoms with E-state index in [1.807, 2.05) is 6.07 Å². The Morgan fingerprint density at radius 3 is 3.16 bits per heavy atom. The van der Waals surface area contributed by atoms with E-state index in [0.29, 0.717) is 37.8 Å². The highest BCUT2D eigenvalue weighted by atomic mass is 32.1. The minimum absolute atomic E-state index is 0.0610. The predicted octanol–water partition coefficient (Wildman–Crippen LogP) is 0.203. The molecule has 19 heavy (non-hydrogen) atoms. The topological polar surface area (TPSA) is 73.6 Å². The minimum atomic E-state index is -0.111. The molecule has 0 spiro atoms. The van der Waals surface area contributed by atoms with Crippen molar-refractivity contribution >= 4 is 17.2 Å². The third-order valence-electron chi connectivity index (χ3n) is 2.52. The second-order valence-corrected chi connectivity index (χ2v) is 5.03. The van der Waals surface area contributed by atoms with Gasteiger partial charge >= 0.3 is 0 Å². The van der Waals surface area contributed by atoms with Crippen molar-refractivity contribution < 1.29 is 14.3 Å². The first-order chi connectivity index (χ1) is 9.29. The van der Waals surface area contributed by atoms with E-state index in [-0.39, 0.29) is 12.0 Å². The molecular weight excluding hydrogens is 264 g/mol. The molecule has 0 aliphatic carbocycles. The Bertz CT molecular complexity index is 484. The average molecular weight is 280 g/mol. The molecule has 6 heteroatoms. The van der Waals surface area contributed by atoms with E-state index >= 15 is 0 Å². The van der Waals surface area contributed by atoms with E-state index in [1.165, 1.54) is 11.3 Å². The molecule has 2 rings (SSSR count). The summed E-state index contributed by atoms with van der Waals surface area (Å²) in [5, 5.41) is 2.83. The number of nitrogens with one attached hydrogen (secondary N) is 1. The van der Waals surface area contributed by atoms with Gasteiger partial charge in [0.25, 0.3) is 5.91 Å². The van der Waals surface area contributed by atoms with Crippen LogP contribution in [0.15, 0.2) is 12.1 Å². The molecule has 0 aromatic carbocycles. The van der Waals surface area contributed by atoms with E-state index in [4.69, 9.17) is 15.2 Å². The van der Waals surface area contributed by atoms with Gasteiger partial charge in [0.05, 0.1) is 42.2 Å². The van der Waals surface area contributed by atoms with Crippen LogP contribution in [0, 0.1) is 11.8 Å². The Morgan fingerprint density at radius 1 is 1.53 bits per heavy atom. The maximum Gasteiger partial charge on any atom is 0.261 e. The standard InChI is InChI=1S/C13H16N2O3S/c14-5-1-2-11-3-4-12(19-11)13(16)15-8-10-9-17-6-7-18-10/h3-4,10H,5-9,14H2,(H,15,16). The summed E-state index contributed by atoms with van der Waals surface area (Å²) in [4.78, 5) is 13.4. The number of carbonyl (C=O) groups excluding carboxylic acids is 1. The van der Waals surface area contributed by atoms with Crippen LogP contribution < -0.4 is 11.1 Å². The summed E-state index contributed by atoms with van der Waals surface area (Å²) >= 11 is 1.35. The first kappa shape index (κ1) is 14.0. The Kier molecular flexibility index (Phi) is 5.36. The molecule has 2 heterocycles. The van der Waals surface area contributed by atoms with Crippen molar-refractivity contribution in [3.63, 3.8) is 0 Å². The molecule has 1 aliphatic rings. The molecule has 0 saturated carbocycles. The van der Waals surface area contributed by atoms with E-state index in [2.05, 4.69) is 17.2 Å². The van der Waals surface area contributed by atoms with Crippen molar-refractivity contribution in [2.45, 2.75) is 6.10 Å². The number of rotatable bonds is 3. The van der Waals surface area contributed by atoms with E-state index in [1.54, 1.807) is 6.07 Å². The van der Waals surface area contributed by atoms with Gasteiger partial charge < -0.3 is 20.5 Å². The zero-order valence-corrected chi connectivity index (χ0v) is 11.3. The molecule has 1 amide bonds. The number of nitrogens with two attached hydrogens (primary N) is 1. The van der Waals surface area contributed by atoms with Gasteiger partial charge in [-0.2, -0.15) is 0 Å². The van der Waals surface area contributed by atoms with Gasteiger partial charge in [-0.25, -0.2) is 0 Å². The number of thiophene rings is 1. The Morgan fingerprint density at radius 2 is 2.42 bits per heavy atom. The molecule has 1 unspecified atom stereocenters. The quantitative estimate of drug-likeness (QED) is 0.776. The molecule has 0 bridgehead atoms. The average Bonchev–Trinajstić information content (AvgIpc) is 2.92. The highest BCUT2D eigenvalue weighted by Crippen LogP contribution is 2.15. The lowest BCUT2D eigenvalue weighted by molar-refractivity contribution is -0.0855. The van der Waals surface area contributed by atoms with Gasteiger partial charge in [0.2, 0.25) is 0 Å². The van der Waals surface area contributed by atoms with Gasteiger partial charge in [-0.15, -0.1) is 11.3 Å². The number of carbonyl (C=O) groups is 1. The van der Waals surface area contributed by atoms with Crippen LogP contribution in [0.4, 0.5) is 0 Å². The van der Waals surface area contributed by atoms with Gasteiger partial charge in [-0.3, -0.25) is 4.79 Å². The van der Waals surface area contributed by atoms with Crippen molar-refractivity contribution in [3.05, 3.63) is 21.9 Å². The fourth-order valence-corrected chi connectivity index (χ4v) is 2.41. The van der Waals surface area contributed by atoms with Crippen LogP contribution in [0.3, 0.4) is 0 Å². The van der Waals surface area contributed by atoms with Crippen molar-refractivity contribution in [1.29, 1.82) is 0 Å². The minimum Gasteiger partial charge on any atom is -0.376 e. The van der Waals surface area contributed by atoms with E-state index in [9.17, 15) is 4.79 Å². The van der Waals surface area contributed by atoms with E-state index < -0.39 is 0 Å². The normalized spacial score (nSPS) is 18.5. The lowest BCUT2D eigenvalue weighted by atomic mass is 10.3. The maximum absolute atomic E-state index is 11.9. The zero-order chi connectivity index (χ0) is 13.5. The third-order valence-corrected chi connectivity index (χ3v) is 3.52. The first-order valence-corrected chi connectivity index (χ1v) is 6.87. The monoisotopic (exact) mass is 280 g/mol. The fraction of sp³-hybridized carbons (Fsp3) is 0.462. The molecule has 1 aromatic heterocycles. The Labute approximate surface area is 116 Å². The highest BCUT2D eigenvalue weighted by molar-refractivity contribution is 7.14. The fourth-order valence-electron chi connectivity index (χ4n) is 1.61. The lowest BCUT2D eigenvalue weighted by Crippen LogP contribution is -2.39. The molecule has 1 aromatic rings. The zero-order valence-electron chi connectivity index (χ0n) is 10.5. The van der Waals surface area contributed by atoms with E-state index in [0.717, 1.165) is 4.88 Å². The summed E-state index contributed by atoms with van der Waals surface area (Å²) in [6, 6.07) is 3.58. The molecule has 0 radical (unpaired) electrons. The van der Waals surface area contributed by atoms with Gasteiger partial charge in [-0.1, -0.05) is 11.8 Å². The predicted molar refractivity (Wildman–Crippen MR) is 73.1 cm³/mol. The van der Waals surface area contributed by atoms with Gasteiger partial charge in [-0.05, 0) is 12.1 Å². The molecule has 1 fully saturated rings. The Hall–Kier alpha value is -1.39. The molecule has 3 N–H and O–H groups in total. The largest absolute Gasteiger partial charge is 0.376 e. The highest BCUT2D eigenvalue weighted by Gasteiger charge is 2.16. The smallest absolute Gasteiger partial charge is 0.261 e. The second-order valence-electron chi connectivity index (χ2n) is 3.95. The molecule has 5 nitrogen and oxygen atoms in total. The molecule has 1 aliphatic heterocycles. The van der Waals surface area contributed by atoms with Crippen LogP contribution in [0.1, 0.15) is 14.5 Å². The maximum atomic E-state index is 11.9. The summed E-state index contributed by atoms with van der Waals surface area (Å²) < 4.78 is 10.7. The summed E-state index contributed by atoms with van der Waals surface area (Å²) in [5.41, 5.74) is 5.30. The van der Waals surface area contributed by atoms with Gasteiger partial charge in [0.1, 0.15) is 0 Å². The lowest BCUT2D eigenvalue weighted by Gasteiger charge is -2.22. The number of hydrogen-bond donors (Lipinski definition) is 2. The van der Waals surface area contributed by atoms with Crippen LogP contribution in [-0.4, -0.2) is 44.9 Å². The number of amides is 1. The summed E-state index contributed by atoms with van der Waals surface area (Å²) in [7, 11) is 0. The SMILES string of the molecule is NCC#Cc1ccc(C(=O)NCC2COCCO2)s1. The summed E-state index contributed by atoms with van der Waals surface area (Å²) in [5.74, 6) is 5.55. The van der Waals surface area contributed by atoms with Crippen molar-refractivity contribution in [2.75, 3.05) is 32.9 Å². The van der Waals surface area contributed by atoms with Crippen molar-refractivity contribution in [3.8, 4) is 11.8 Å². The number of ether oxygens (including phenoxy) is 2. The van der Waals surface area contributed by atoms with Crippen LogP contribution >= 0.6 is 11.3 Å². The number of hydrogen-bond acceptors (Lipinski definition) is 5. The Balaban J connectivity index is 1.83. The molecule has 102 valence electrons. The van der Waals surface area contributed by atoms with Crippen LogP contribution in [-0.2, 0) is 9.47 Å². The molecule has 1 atom stereocenters. The summed E-state index contributed by atoms with van der Waals surface area (Å²) in [6.45, 7) is 2.51. The van der Waals surface area contributed by atoms with Crippen LogP contribution in [0.5, 0.6) is 0 Å². The molecular formula is C13H16N2O3S. The second kappa shape index (κ2) is 7.26. The van der Waals surface area contributed by atoms with Crippen LogP contribution in [0.2, 0.25) is 0 Å². The summed E-state index contributed by atoms with van der Waals surface area (Å²) in [6.07, 6.45) is -0.0610. The van der Waals surface area contributed by atoms with Gasteiger partial charge in [0.15, 0.2) is 0 Å². The van der Waals surface area contributed by atoms with Crippen LogP contribution in [0.25, 0.3) is 0 Å². The molecule has 1 saturated heterocycles.